The molecule has 50 valence electrons. The van der Waals surface area contributed by atoms with E-state index in [0.717, 1.165) is 0 Å². The van der Waals surface area contributed by atoms with E-state index >= 15 is 0 Å². The Morgan fingerprint density at radius 2 is 2.00 bits per heavy atom. The van der Waals surface area contributed by atoms with Crippen molar-refractivity contribution in [1.29, 1.82) is 0 Å². The van der Waals surface area contributed by atoms with Crippen LogP contribution in [0.1, 0.15) is 13.8 Å². The first-order chi connectivity index (χ1) is 3.62. The van der Waals surface area contributed by atoms with Crippen molar-refractivity contribution in [1.82, 2.24) is 0 Å². The summed E-state index contributed by atoms with van der Waals surface area (Å²) in [7, 11) is 1.68. The van der Waals surface area contributed by atoms with E-state index in [4.69, 9.17) is 4.74 Å². The number of hydrogen-bond donors (Lipinski definition) is 0. The van der Waals surface area contributed by atoms with Crippen LogP contribution in [0.3, 0.4) is 0 Å². The summed E-state index contributed by atoms with van der Waals surface area (Å²) in [4.78, 5) is 2.11. The summed E-state index contributed by atoms with van der Waals surface area (Å²) in [5.41, 5.74) is -0.234. The second kappa shape index (κ2) is 3.50. The second-order valence-electron chi connectivity index (χ2n) is 1.90. The van der Waals surface area contributed by atoms with Gasteiger partial charge in [-0.15, -0.1) is 0 Å². The van der Waals surface area contributed by atoms with Crippen molar-refractivity contribution in [3.63, 3.8) is 0 Å². The maximum absolute atomic E-state index is 5.04. The largest absolute Gasteiger partial charge is 0.357 e. The van der Waals surface area contributed by atoms with Gasteiger partial charge in [0.2, 0.25) is 0 Å². The summed E-state index contributed by atoms with van der Waals surface area (Å²) >= 11 is 0.0113. The van der Waals surface area contributed by atoms with Crippen LogP contribution >= 0.6 is 21.0 Å². The van der Waals surface area contributed by atoms with Gasteiger partial charge in [-0.1, -0.05) is 0 Å². The molecule has 0 saturated carbocycles. The van der Waals surface area contributed by atoms with Crippen molar-refractivity contribution in [3.05, 3.63) is 0 Å². The van der Waals surface area contributed by atoms with Crippen LogP contribution in [0.5, 0.6) is 0 Å². The van der Waals surface area contributed by atoms with Crippen molar-refractivity contribution >= 4 is 21.0 Å². The number of ether oxygens (including phenoxy) is 1. The van der Waals surface area contributed by atoms with E-state index in [9.17, 15) is 0 Å². The van der Waals surface area contributed by atoms with Gasteiger partial charge >= 0.3 is 0 Å². The third-order valence-electron chi connectivity index (χ3n) is 0.788. The van der Waals surface area contributed by atoms with E-state index in [-0.39, 0.29) is 26.8 Å². The van der Waals surface area contributed by atoms with E-state index in [0.29, 0.717) is 0 Å². The fourth-order valence-electron chi connectivity index (χ4n) is 0.238. The maximum Gasteiger partial charge on any atom is 0.158 e. The molecule has 0 heterocycles. The summed E-state index contributed by atoms with van der Waals surface area (Å²) in [6.07, 6.45) is 0. The molecule has 0 amide bonds. The van der Waals surface area contributed by atoms with Gasteiger partial charge in [-0.25, -0.2) is 3.15 Å². The third-order valence-corrected chi connectivity index (χ3v) is 2.43. The third kappa shape index (κ3) is 3.49. The zero-order valence-corrected chi connectivity index (χ0v) is 7.89. The summed E-state index contributed by atoms with van der Waals surface area (Å²) in [6, 6.07) is 0. The van der Waals surface area contributed by atoms with Gasteiger partial charge in [0.05, 0.1) is 0 Å². The summed E-state index contributed by atoms with van der Waals surface area (Å²) in [5, 5.41) is 0. The average molecular weight is 229 g/mol. The lowest BCUT2D eigenvalue weighted by Crippen LogP contribution is -2.16. The highest BCUT2D eigenvalue weighted by Gasteiger charge is 2.10. The summed E-state index contributed by atoms with van der Waals surface area (Å²) < 4.78 is 9.30. The van der Waals surface area contributed by atoms with Crippen molar-refractivity contribution in [2.75, 3.05) is 12.0 Å². The van der Waals surface area contributed by atoms with Crippen LogP contribution in [0.25, 0.3) is 0 Å². The number of rotatable bonds is 2. The van der Waals surface area contributed by atoms with E-state index in [1.54, 1.807) is 7.11 Å². The molecule has 0 aliphatic carbocycles. The molecule has 0 rings (SSSR count). The SMILES string of the molecule is COC(C)(C)N=IC. The first kappa shape index (κ1) is 8.49. The zero-order chi connectivity index (χ0) is 6.62. The first-order valence-corrected chi connectivity index (χ1v) is 5.51. The molecule has 0 bridgehead atoms. The molecule has 0 unspecified atom stereocenters. The van der Waals surface area contributed by atoms with Gasteiger partial charge < -0.3 is 4.74 Å². The Balaban J connectivity index is 3.71. The van der Waals surface area contributed by atoms with E-state index in [1.807, 2.05) is 13.8 Å². The maximum atomic E-state index is 5.04. The van der Waals surface area contributed by atoms with Crippen molar-refractivity contribution in [2.24, 2.45) is 3.15 Å². The smallest absolute Gasteiger partial charge is 0.158 e. The van der Waals surface area contributed by atoms with Gasteiger partial charge in [-0.05, 0) is 39.8 Å². The van der Waals surface area contributed by atoms with Crippen LogP contribution in [0.15, 0.2) is 3.15 Å². The predicted octanol–water partition coefficient (Wildman–Crippen LogP) is 2.15. The monoisotopic (exact) mass is 229 g/mol. The van der Waals surface area contributed by atoms with Gasteiger partial charge in [0, 0.05) is 7.11 Å². The lowest BCUT2D eigenvalue weighted by atomic mass is 10.3. The van der Waals surface area contributed by atoms with Gasteiger partial charge in [0.15, 0.2) is 5.72 Å². The van der Waals surface area contributed by atoms with Crippen LogP contribution in [-0.2, 0) is 4.74 Å². The van der Waals surface area contributed by atoms with Crippen LogP contribution in [0.4, 0.5) is 0 Å². The molecule has 0 saturated heterocycles. The fourth-order valence-corrected chi connectivity index (χ4v) is 1.60. The van der Waals surface area contributed by atoms with Crippen LogP contribution in [0, 0.1) is 0 Å². The molecular weight excluding hydrogens is 217 g/mol. The molecule has 0 fully saturated rings. The number of nitrogens with zero attached hydrogens (tertiary/aromatic N) is 1. The Kier molecular flexibility index (Phi) is 3.72. The minimum absolute atomic E-state index is 0.0113. The topological polar surface area (TPSA) is 21.6 Å². The van der Waals surface area contributed by atoms with Crippen molar-refractivity contribution in [2.45, 2.75) is 19.6 Å². The quantitative estimate of drug-likeness (QED) is 0.525. The van der Waals surface area contributed by atoms with Gasteiger partial charge in [-0.2, -0.15) is 0 Å². The molecule has 0 aliphatic heterocycles. The lowest BCUT2D eigenvalue weighted by Gasteiger charge is -2.15. The number of alkyl halides is 1. The highest BCUT2D eigenvalue weighted by Crippen LogP contribution is 2.13. The van der Waals surface area contributed by atoms with Crippen LogP contribution in [-0.4, -0.2) is 17.8 Å². The lowest BCUT2D eigenvalue weighted by molar-refractivity contribution is 0.0349. The van der Waals surface area contributed by atoms with E-state index < -0.39 is 0 Å². The van der Waals surface area contributed by atoms with E-state index in [2.05, 4.69) is 8.08 Å². The highest BCUT2D eigenvalue weighted by atomic mass is 127. The average Bonchev–Trinajstić information content (AvgIpc) is 1.67. The Bertz CT molecular complexity index is 90.4. The molecule has 0 aromatic rings. The minimum Gasteiger partial charge on any atom is -0.357 e. The fraction of sp³-hybridized carbons (Fsp3) is 1.00. The second-order valence-corrected chi connectivity index (χ2v) is 3.35. The zero-order valence-electron chi connectivity index (χ0n) is 5.73. The van der Waals surface area contributed by atoms with Crippen LogP contribution in [0.2, 0.25) is 0 Å². The molecule has 0 N–H and O–H groups in total. The first-order valence-electron chi connectivity index (χ1n) is 2.38. The van der Waals surface area contributed by atoms with Gasteiger partial charge in [-0.3, -0.25) is 0 Å². The van der Waals surface area contributed by atoms with Crippen molar-refractivity contribution < 1.29 is 4.74 Å². The van der Waals surface area contributed by atoms with Gasteiger partial charge in [0.25, 0.3) is 0 Å². The standard InChI is InChI=1S/C5H12INO/c1-5(2,8-4)7-6-3/h1-4H3. The molecular formula is C5H12INO. The molecule has 0 aromatic carbocycles. The van der Waals surface area contributed by atoms with Gasteiger partial charge in [0.1, 0.15) is 0 Å². The highest BCUT2D eigenvalue weighted by molar-refractivity contribution is 14.2. The Morgan fingerprint density at radius 3 is 2.12 bits per heavy atom. The molecule has 8 heavy (non-hydrogen) atoms. The Labute approximate surface area is 60.8 Å². The molecule has 0 radical (unpaired) electrons. The molecule has 0 aromatic heterocycles. The van der Waals surface area contributed by atoms with E-state index in [1.165, 1.54) is 0 Å². The molecule has 0 aliphatic rings. The number of methoxy groups -OCH3 is 1. The molecule has 2 nitrogen and oxygen atoms in total. The number of halogens is 1. The molecule has 3 heteroatoms. The van der Waals surface area contributed by atoms with Crippen LogP contribution < -0.4 is 0 Å². The number of hydrogen-bond acceptors (Lipinski definition) is 2. The summed E-state index contributed by atoms with van der Waals surface area (Å²) in [6.45, 7) is 3.94. The normalized spacial score (nSPS) is 14.0. The Morgan fingerprint density at radius 1 is 1.50 bits per heavy atom. The minimum atomic E-state index is -0.234. The summed E-state index contributed by atoms with van der Waals surface area (Å²) in [5.74, 6) is 0. The Hall–Kier alpha value is 0.490. The predicted molar refractivity (Wildman–Crippen MR) is 43.5 cm³/mol. The molecule has 0 spiro atoms. The van der Waals surface area contributed by atoms with Crippen molar-refractivity contribution in [3.8, 4) is 0 Å². The molecule has 0 atom stereocenters.